The van der Waals surface area contributed by atoms with Crippen molar-refractivity contribution in [1.82, 2.24) is 14.9 Å². The first-order valence-corrected chi connectivity index (χ1v) is 12.3. The molecule has 1 aromatic carbocycles. The second kappa shape index (κ2) is 9.13. The Balaban J connectivity index is 1.09. The van der Waals surface area contributed by atoms with Gasteiger partial charge in [-0.3, -0.25) is 9.59 Å². The van der Waals surface area contributed by atoms with Crippen molar-refractivity contribution in [3.8, 4) is 11.5 Å². The lowest BCUT2D eigenvalue weighted by molar-refractivity contribution is -0.126. The van der Waals surface area contributed by atoms with E-state index in [1.54, 1.807) is 49.0 Å². The van der Waals surface area contributed by atoms with Crippen LogP contribution >= 0.6 is 0 Å². The highest BCUT2D eigenvalue weighted by Crippen LogP contribution is 2.56. The number of hydrogen-bond donors (Lipinski definition) is 3. The minimum absolute atomic E-state index is 0.0189. The summed E-state index contributed by atoms with van der Waals surface area (Å²) < 4.78 is 13.3. The molecule has 190 valence electrons. The number of para-hydroxylation sites is 1. The zero-order valence-corrected chi connectivity index (χ0v) is 20.6. The van der Waals surface area contributed by atoms with E-state index in [4.69, 9.17) is 15.2 Å². The largest absolute Gasteiger partial charge is 0.490 e. The van der Waals surface area contributed by atoms with Crippen LogP contribution in [0.4, 0.5) is 0 Å². The maximum Gasteiger partial charge on any atom is 0.252 e. The number of hydrogen-bond acceptors (Lipinski definition) is 6. The number of rotatable bonds is 9. The predicted molar refractivity (Wildman–Crippen MR) is 133 cm³/mol. The Hall–Kier alpha value is -3.59. The molecule has 0 unspecified atom stereocenters. The normalized spacial score (nSPS) is 23.1. The Bertz CT molecular complexity index is 1280. The number of primary amides is 1. The minimum Gasteiger partial charge on any atom is -0.490 e. The maximum absolute atomic E-state index is 12.7. The summed E-state index contributed by atoms with van der Waals surface area (Å²) in [5.41, 5.74) is 6.83. The van der Waals surface area contributed by atoms with Crippen LogP contribution in [0, 0.1) is 5.41 Å². The quantitative estimate of drug-likeness (QED) is 0.421. The summed E-state index contributed by atoms with van der Waals surface area (Å²) in [6.07, 6.45) is 7.48. The summed E-state index contributed by atoms with van der Waals surface area (Å²) in [7, 11) is 0. The number of carbonyl (C=O) groups excluding carboxylic acids is 2. The van der Waals surface area contributed by atoms with Crippen molar-refractivity contribution >= 4 is 17.3 Å². The van der Waals surface area contributed by atoms with Gasteiger partial charge < -0.3 is 25.6 Å². The summed E-state index contributed by atoms with van der Waals surface area (Å²) in [4.78, 5) is 24.3. The Morgan fingerprint density at radius 2 is 1.94 bits per heavy atom. The van der Waals surface area contributed by atoms with Crippen molar-refractivity contribution in [3.63, 3.8) is 0 Å². The van der Waals surface area contributed by atoms with E-state index in [0.717, 1.165) is 36.8 Å². The number of nitrogens with one attached hydrogen (secondary N) is 1. The number of aromatic nitrogens is 2. The Morgan fingerprint density at radius 1 is 1.19 bits per heavy atom. The van der Waals surface area contributed by atoms with Crippen molar-refractivity contribution in [1.29, 1.82) is 0 Å². The zero-order valence-electron chi connectivity index (χ0n) is 20.6. The molecule has 0 radical (unpaired) electrons. The Kier molecular flexibility index (Phi) is 6.12. The van der Waals surface area contributed by atoms with E-state index in [-0.39, 0.29) is 36.5 Å². The molecule has 2 aliphatic rings. The number of ether oxygens (including phenoxy) is 2. The summed E-state index contributed by atoms with van der Waals surface area (Å²) in [5.74, 6) is 0.633. The van der Waals surface area contributed by atoms with E-state index in [2.05, 4.69) is 10.4 Å². The van der Waals surface area contributed by atoms with Gasteiger partial charge in [0, 0.05) is 11.6 Å². The first kappa shape index (κ1) is 24.1. The molecule has 2 aromatic heterocycles. The van der Waals surface area contributed by atoms with Crippen LogP contribution < -0.4 is 20.5 Å². The van der Waals surface area contributed by atoms with Crippen LogP contribution in [0.2, 0.25) is 0 Å². The first-order valence-electron chi connectivity index (χ1n) is 12.3. The van der Waals surface area contributed by atoms with E-state index >= 15 is 0 Å². The standard InChI is InChI=1S/C27H32N4O5/c1-26(2,34)16-35-19-7-8-22-17(14-29-31(22)15-19)9-24(32)30-18-10-27(11-18)12-20(13-27)36-23-6-4-3-5-21(23)25(28)33/h3-8,14-15,18,20,34H,9-13,16H2,1-2H3,(H2,28,33)(H,30,32). The van der Waals surface area contributed by atoms with Gasteiger partial charge in [0.2, 0.25) is 5.91 Å². The van der Waals surface area contributed by atoms with E-state index in [1.165, 1.54) is 0 Å². The molecule has 9 heteroatoms. The van der Waals surface area contributed by atoms with Crippen LogP contribution in [-0.2, 0) is 11.2 Å². The molecule has 2 fully saturated rings. The average molecular weight is 493 g/mol. The van der Waals surface area contributed by atoms with Gasteiger partial charge in [0.1, 0.15) is 18.1 Å². The van der Waals surface area contributed by atoms with Gasteiger partial charge in [0.05, 0.1) is 41.6 Å². The van der Waals surface area contributed by atoms with Gasteiger partial charge in [-0.1, -0.05) is 12.1 Å². The Labute approximate surface area is 209 Å². The number of fused-ring (bicyclic) bond motifs is 1. The fourth-order valence-corrected chi connectivity index (χ4v) is 5.31. The van der Waals surface area contributed by atoms with Crippen LogP contribution in [0.5, 0.6) is 11.5 Å². The lowest BCUT2D eigenvalue weighted by atomic mass is 9.53. The molecule has 2 amide bonds. The third-order valence-electron chi connectivity index (χ3n) is 7.00. The number of pyridine rings is 1. The van der Waals surface area contributed by atoms with Crippen LogP contribution in [0.15, 0.2) is 48.8 Å². The molecule has 9 nitrogen and oxygen atoms in total. The molecular formula is C27H32N4O5. The van der Waals surface area contributed by atoms with Gasteiger partial charge in [-0.15, -0.1) is 0 Å². The fourth-order valence-electron chi connectivity index (χ4n) is 5.31. The van der Waals surface area contributed by atoms with Gasteiger partial charge in [0.15, 0.2) is 0 Å². The van der Waals surface area contributed by atoms with Crippen molar-refractivity contribution in [2.75, 3.05) is 6.61 Å². The highest BCUT2D eigenvalue weighted by Gasteiger charge is 2.54. The van der Waals surface area contributed by atoms with Crippen LogP contribution in [-0.4, -0.2) is 50.9 Å². The highest BCUT2D eigenvalue weighted by molar-refractivity contribution is 5.95. The topological polar surface area (TPSA) is 128 Å². The molecule has 0 aliphatic heterocycles. The van der Waals surface area contributed by atoms with Crippen molar-refractivity contribution in [2.24, 2.45) is 11.1 Å². The zero-order chi connectivity index (χ0) is 25.5. The third kappa shape index (κ3) is 5.16. The molecule has 0 saturated heterocycles. The van der Waals surface area contributed by atoms with E-state index < -0.39 is 11.5 Å². The second-order valence-electron chi connectivity index (χ2n) is 10.8. The van der Waals surface area contributed by atoms with Gasteiger partial charge in [-0.25, -0.2) is 4.52 Å². The Morgan fingerprint density at radius 3 is 2.67 bits per heavy atom. The van der Waals surface area contributed by atoms with Crippen molar-refractivity contribution < 1.29 is 24.2 Å². The van der Waals surface area contributed by atoms with E-state index in [9.17, 15) is 14.7 Å². The summed E-state index contributed by atoms with van der Waals surface area (Å²) >= 11 is 0. The van der Waals surface area contributed by atoms with Gasteiger partial charge in [0.25, 0.3) is 5.91 Å². The molecule has 2 aliphatic carbocycles. The molecular weight excluding hydrogens is 460 g/mol. The molecule has 2 heterocycles. The predicted octanol–water partition coefficient (Wildman–Crippen LogP) is 2.63. The molecule has 4 N–H and O–H groups in total. The van der Waals surface area contributed by atoms with Crippen molar-refractivity contribution in [2.45, 2.75) is 63.7 Å². The third-order valence-corrected chi connectivity index (χ3v) is 7.00. The monoisotopic (exact) mass is 492 g/mol. The fraction of sp³-hybridized carbons (Fsp3) is 0.444. The molecule has 36 heavy (non-hydrogen) atoms. The molecule has 0 atom stereocenters. The lowest BCUT2D eigenvalue weighted by Gasteiger charge is -2.57. The minimum atomic E-state index is -0.924. The maximum atomic E-state index is 12.7. The summed E-state index contributed by atoms with van der Waals surface area (Å²) in [6.45, 7) is 3.54. The summed E-state index contributed by atoms with van der Waals surface area (Å²) in [6, 6.07) is 10.9. The van der Waals surface area contributed by atoms with Gasteiger partial charge in [-0.2, -0.15) is 5.10 Å². The summed E-state index contributed by atoms with van der Waals surface area (Å²) in [5, 5.41) is 17.3. The van der Waals surface area contributed by atoms with Gasteiger partial charge >= 0.3 is 0 Å². The smallest absolute Gasteiger partial charge is 0.252 e. The number of aliphatic hydroxyl groups is 1. The first-order chi connectivity index (χ1) is 17.1. The number of benzene rings is 1. The number of amides is 2. The number of nitrogens with two attached hydrogens (primary N) is 1. The number of nitrogens with zero attached hydrogens (tertiary/aromatic N) is 2. The van der Waals surface area contributed by atoms with Crippen molar-refractivity contribution in [3.05, 3.63) is 59.9 Å². The second-order valence-corrected chi connectivity index (χ2v) is 10.8. The van der Waals surface area contributed by atoms with Crippen LogP contribution in [0.25, 0.3) is 5.52 Å². The SMILES string of the molecule is CC(C)(O)COc1ccc2c(CC(=O)NC3CC4(C3)CC(Oc3ccccc3C(N)=O)C4)cnn2c1. The molecule has 1 spiro atoms. The lowest BCUT2D eigenvalue weighted by Crippen LogP contribution is -2.59. The molecule has 0 bridgehead atoms. The average Bonchev–Trinajstić information content (AvgIpc) is 3.16. The highest BCUT2D eigenvalue weighted by atomic mass is 16.5. The number of carbonyl (C=O) groups is 2. The molecule has 3 aromatic rings. The molecule has 2 saturated carbocycles. The molecule has 5 rings (SSSR count). The van der Waals surface area contributed by atoms with E-state index in [1.807, 2.05) is 18.2 Å². The van der Waals surface area contributed by atoms with Gasteiger partial charge in [-0.05, 0) is 69.2 Å². The van der Waals surface area contributed by atoms with Crippen LogP contribution in [0.3, 0.4) is 0 Å². The van der Waals surface area contributed by atoms with E-state index in [0.29, 0.717) is 17.1 Å². The van der Waals surface area contributed by atoms with Crippen LogP contribution in [0.1, 0.15) is 55.5 Å².